The lowest BCUT2D eigenvalue weighted by molar-refractivity contribution is -0.143. The van der Waals surface area contributed by atoms with Gasteiger partial charge in [0.15, 0.2) is 6.10 Å². The highest BCUT2D eigenvalue weighted by molar-refractivity contribution is 5.98. The van der Waals surface area contributed by atoms with E-state index in [1.807, 2.05) is 20.8 Å². The van der Waals surface area contributed by atoms with Crippen LogP contribution in [0.5, 0.6) is 5.75 Å². The number of amides is 2. The number of carbonyl (C=O) groups is 4. The van der Waals surface area contributed by atoms with Crippen molar-refractivity contribution in [2.24, 2.45) is 5.41 Å². The average molecular weight is 436 g/mol. The summed E-state index contributed by atoms with van der Waals surface area (Å²) in [5.74, 6) is -1.70. The summed E-state index contributed by atoms with van der Waals surface area (Å²) in [7, 11) is 1.22. The first-order chi connectivity index (χ1) is 14.5. The summed E-state index contributed by atoms with van der Waals surface area (Å²) in [4.78, 5) is 47.1. The summed E-state index contributed by atoms with van der Waals surface area (Å²) in [6.07, 6.45) is -1.67. The van der Waals surface area contributed by atoms with Crippen molar-refractivity contribution in [2.45, 2.75) is 52.2 Å². The molecule has 0 aliphatic carbocycles. The molecule has 0 saturated carbocycles. The Balaban J connectivity index is 2.07. The molecule has 2 amide bonds. The molecule has 2 rings (SSSR count). The van der Waals surface area contributed by atoms with Crippen molar-refractivity contribution >= 4 is 29.6 Å². The number of benzene rings is 1. The lowest BCUT2D eigenvalue weighted by Gasteiger charge is -2.26. The maximum Gasteiger partial charge on any atom is 0.407 e. The average Bonchev–Trinajstić information content (AvgIpc) is 2.69. The zero-order chi connectivity index (χ0) is 23.2. The van der Waals surface area contributed by atoms with Gasteiger partial charge in [-0.15, -0.1) is 0 Å². The van der Waals surface area contributed by atoms with E-state index >= 15 is 0 Å². The molecular formula is C21H28N2O8. The smallest absolute Gasteiger partial charge is 0.407 e. The van der Waals surface area contributed by atoms with Gasteiger partial charge in [-0.1, -0.05) is 26.8 Å². The van der Waals surface area contributed by atoms with E-state index in [0.717, 1.165) is 0 Å². The van der Waals surface area contributed by atoms with Crippen LogP contribution in [0.4, 0.5) is 10.5 Å². The van der Waals surface area contributed by atoms with Crippen LogP contribution in [0.3, 0.4) is 0 Å². The van der Waals surface area contributed by atoms with E-state index in [9.17, 15) is 19.2 Å². The number of anilines is 1. The quantitative estimate of drug-likeness (QED) is 0.526. The van der Waals surface area contributed by atoms with E-state index in [1.54, 1.807) is 18.2 Å². The minimum Gasteiger partial charge on any atom is -0.481 e. The third-order valence-corrected chi connectivity index (χ3v) is 4.34. The number of ether oxygens (including phenoxy) is 3. The molecule has 10 nitrogen and oxygen atoms in total. The second-order valence-corrected chi connectivity index (χ2v) is 8.42. The largest absolute Gasteiger partial charge is 0.481 e. The molecule has 170 valence electrons. The standard InChI is InChI=1S/C21H28N2O8/c1-21(2,3)11-30-20(28)23-14(19(27)29-4)10-12-5-6-15-13(9-12)22-18(26)16(31-15)7-8-17(24)25/h5-6,9,14,16H,7-8,10-11H2,1-4H3,(H,22,26)(H,23,28)(H,24,25)/t14-,16?/m0/s1. The van der Waals surface area contributed by atoms with Crippen molar-refractivity contribution in [3.63, 3.8) is 0 Å². The molecule has 0 fully saturated rings. The molecule has 1 aliphatic heterocycles. The van der Waals surface area contributed by atoms with Crippen LogP contribution in [0.15, 0.2) is 18.2 Å². The Bertz CT molecular complexity index is 846. The van der Waals surface area contributed by atoms with E-state index in [-0.39, 0.29) is 31.3 Å². The van der Waals surface area contributed by atoms with Crippen molar-refractivity contribution in [1.82, 2.24) is 5.32 Å². The van der Waals surface area contributed by atoms with Gasteiger partial charge in [-0.3, -0.25) is 9.59 Å². The van der Waals surface area contributed by atoms with Crippen molar-refractivity contribution in [2.75, 3.05) is 19.0 Å². The Kier molecular flexibility index (Phi) is 7.84. The number of hydrogen-bond donors (Lipinski definition) is 3. The van der Waals surface area contributed by atoms with E-state index in [1.165, 1.54) is 7.11 Å². The number of methoxy groups -OCH3 is 1. The second kappa shape index (κ2) is 10.1. The van der Waals surface area contributed by atoms with Gasteiger partial charge in [-0.2, -0.15) is 0 Å². The third kappa shape index (κ3) is 7.47. The van der Waals surface area contributed by atoms with E-state index in [0.29, 0.717) is 17.0 Å². The van der Waals surface area contributed by atoms with Crippen LogP contribution in [0.25, 0.3) is 0 Å². The molecule has 1 aromatic rings. The van der Waals surface area contributed by atoms with Gasteiger partial charge in [-0.25, -0.2) is 9.59 Å². The molecule has 31 heavy (non-hydrogen) atoms. The van der Waals surface area contributed by atoms with Crippen LogP contribution in [0.1, 0.15) is 39.2 Å². The molecule has 2 atom stereocenters. The van der Waals surface area contributed by atoms with Crippen molar-refractivity contribution in [3.8, 4) is 5.75 Å². The van der Waals surface area contributed by atoms with E-state index in [4.69, 9.17) is 19.3 Å². The van der Waals surface area contributed by atoms with Crippen LogP contribution >= 0.6 is 0 Å². The number of alkyl carbamates (subject to hydrolysis) is 1. The highest BCUT2D eigenvalue weighted by atomic mass is 16.6. The fourth-order valence-electron chi connectivity index (χ4n) is 2.81. The molecule has 1 heterocycles. The molecule has 0 bridgehead atoms. The summed E-state index contributed by atoms with van der Waals surface area (Å²) < 4.78 is 15.5. The van der Waals surface area contributed by atoms with Gasteiger partial charge >= 0.3 is 18.0 Å². The first kappa shape index (κ1) is 24.0. The molecule has 1 unspecified atom stereocenters. The number of carboxylic acid groups (broad SMARTS) is 1. The molecule has 0 saturated heterocycles. The number of carbonyl (C=O) groups excluding carboxylic acids is 3. The lowest BCUT2D eigenvalue weighted by Crippen LogP contribution is -2.44. The number of hydrogen-bond acceptors (Lipinski definition) is 7. The normalized spacial score (nSPS) is 16.3. The fraction of sp³-hybridized carbons (Fsp3) is 0.524. The number of fused-ring (bicyclic) bond motifs is 1. The van der Waals surface area contributed by atoms with Gasteiger partial charge in [0.1, 0.15) is 11.8 Å². The SMILES string of the molecule is COC(=O)[C@H](Cc1ccc2c(c1)NC(=O)C(CCC(=O)O)O2)NC(=O)OCC(C)(C)C. The first-order valence-electron chi connectivity index (χ1n) is 9.82. The zero-order valence-electron chi connectivity index (χ0n) is 18.0. The highest BCUT2D eigenvalue weighted by Gasteiger charge is 2.29. The summed E-state index contributed by atoms with van der Waals surface area (Å²) in [5.41, 5.74) is 0.808. The van der Waals surface area contributed by atoms with Gasteiger partial charge in [-0.05, 0) is 23.1 Å². The minimum absolute atomic E-state index is 0.0490. The molecule has 1 aliphatic rings. The van der Waals surface area contributed by atoms with Crippen molar-refractivity contribution in [1.29, 1.82) is 0 Å². The predicted octanol–water partition coefficient (Wildman–Crippen LogP) is 2.11. The predicted molar refractivity (Wildman–Crippen MR) is 110 cm³/mol. The van der Waals surface area contributed by atoms with Crippen LogP contribution in [-0.2, 0) is 30.3 Å². The summed E-state index contributed by atoms with van der Waals surface area (Å²) in [6, 6.07) is 3.94. The Hall–Kier alpha value is -3.30. The number of aliphatic carboxylic acids is 1. The summed E-state index contributed by atoms with van der Waals surface area (Å²) in [5, 5.41) is 14.0. The fourth-order valence-corrected chi connectivity index (χ4v) is 2.81. The molecule has 0 aromatic heterocycles. The molecule has 10 heteroatoms. The van der Waals surface area contributed by atoms with E-state index in [2.05, 4.69) is 10.6 Å². The summed E-state index contributed by atoms with van der Waals surface area (Å²) in [6.45, 7) is 5.91. The monoisotopic (exact) mass is 436 g/mol. The second-order valence-electron chi connectivity index (χ2n) is 8.42. The number of esters is 1. The molecular weight excluding hydrogens is 408 g/mol. The lowest BCUT2D eigenvalue weighted by atomic mass is 9.99. The molecule has 0 radical (unpaired) electrons. The van der Waals surface area contributed by atoms with Crippen LogP contribution in [0, 0.1) is 5.41 Å². The van der Waals surface area contributed by atoms with E-state index < -0.39 is 36.1 Å². The Morgan fingerprint density at radius 2 is 2.00 bits per heavy atom. The van der Waals surface area contributed by atoms with Gasteiger partial charge in [0.2, 0.25) is 0 Å². The number of nitrogens with one attached hydrogen (secondary N) is 2. The van der Waals surface area contributed by atoms with Gasteiger partial charge in [0.05, 0.1) is 19.4 Å². The van der Waals surface area contributed by atoms with Crippen LogP contribution in [0.2, 0.25) is 0 Å². The first-order valence-corrected chi connectivity index (χ1v) is 9.82. The topological polar surface area (TPSA) is 140 Å². The number of rotatable bonds is 8. The Labute approximate surface area is 180 Å². The van der Waals surface area contributed by atoms with Crippen molar-refractivity contribution < 1.29 is 38.5 Å². The van der Waals surface area contributed by atoms with Crippen molar-refractivity contribution in [3.05, 3.63) is 23.8 Å². The molecule has 0 spiro atoms. The Morgan fingerprint density at radius 3 is 2.61 bits per heavy atom. The van der Waals surface area contributed by atoms with Crippen LogP contribution in [-0.4, -0.2) is 54.9 Å². The maximum absolute atomic E-state index is 12.2. The van der Waals surface area contributed by atoms with Gasteiger partial charge in [0.25, 0.3) is 5.91 Å². The van der Waals surface area contributed by atoms with Gasteiger partial charge in [0, 0.05) is 19.3 Å². The van der Waals surface area contributed by atoms with Crippen LogP contribution < -0.4 is 15.4 Å². The third-order valence-electron chi connectivity index (χ3n) is 4.34. The zero-order valence-corrected chi connectivity index (χ0v) is 18.0. The van der Waals surface area contributed by atoms with Gasteiger partial charge < -0.3 is 30.0 Å². The molecule has 1 aromatic carbocycles. The summed E-state index contributed by atoms with van der Waals surface area (Å²) >= 11 is 0. The minimum atomic E-state index is -1.01. The highest BCUT2D eigenvalue weighted by Crippen LogP contribution is 2.32. The molecule has 3 N–H and O–H groups in total. The number of carboxylic acids is 1. The Morgan fingerprint density at radius 1 is 1.29 bits per heavy atom. The maximum atomic E-state index is 12.2.